The van der Waals surface area contributed by atoms with Gasteiger partial charge in [-0.2, -0.15) is 5.10 Å². The molecule has 0 amide bonds. The van der Waals surface area contributed by atoms with Crippen molar-refractivity contribution in [2.24, 2.45) is 0 Å². The first kappa shape index (κ1) is 8.92. The molecule has 0 spiro atoms. The van der Waals surface area contributed by atoms with Crippen LogP contribution in [0.3, 0.4) is 0 Å². The second-order valence-corrected chi connectivity index (χ2v) is 2.95. The molecule has 1 heterocycles. The molecule has 0 aliphatic rings. The molecule has 14 heavy (non-hydrogen) atoms. The first-order valence-corrected chi connectivity index (χ1v) is 4.05. The molecule has 0 aliphatic carbocycles. The Hall–Kier alpha value is -1.66. The molecule has 2 aromatic rings. The molecule has 0 saturated heterocycles. The van der Waals surface area contributed by atoms with Crippen molar-refractivity contribution in [3.05, 3.63) is 24.4 Å². The maximum atomic E-state index is 8.94. The monoisotopic (exact) mass is 189 g/mol. The Morgan fingerprint density at radius 2 is 2.07 bits per heavy atom. The number of benzene rings is 1. The number of aromatic nitrogens is 2. The number of nitrogens with two attached hydrogens (primary N) is 1. The van der Waals surface area contributed by atoms with Gasteiger partial charge in [0.25, 0.3) is 0 Å². The lowest BCUT2D eigenvalue weighted by molar-refractivity contribution is 0.426. The zero-order valence-electron chi connectivity index (χ0n) is 7.25. The van der Waals surface area contributed by atoms with Gasteiger partial charge in [-0.25, -0.2) is 0 Å². The largest absolute Gasteiger partial charge is 0.488 e. The molecule has 0 bridgehead atoms. The normalized spacial score (nSPS) is 10.4. The first-order valence-electron chi connectivity index (χ1n) is 4.05. The van der Waals surface area contributed by atoms with Gasteiger partial charge in [-0.15, -0.1) is 5.10 Å². The molecule has 0 saturated carbocycles. The predicted molar refractivity (Wildman–Crippen MR) is 53.8 cm³/mol. The molecule has 0 radical (unpaired) electrons. The average molecular weight is 189 g/mol. The molecule has 6 heteroatoms. The number of nitrogens with zero attached hydrogens (tertiary/aromatic N) is 2. The predicted octanol–water partition coefficient (Wildman–Crippen LogP) is -1.11. The third-order valence-corrected chi connectivity index (χ3v) is 2.01. The Labute approximate surface area is 80.3 Å². The second-order valence-electron chi connectivity index (χ2n) is 2.95. The van der Waals surface area contributed by atoms with E-state index < -0.39 is 7.12 Å². The van der Waals surface area contributed by atoms with E-state index in [4.69, 9.17) is 15.8 Å². The van der Waals surface area contributed by atoms with Gasteiger partial charge in [0.1, 0.15) is 0 Å². The number of hydrogen-bond acceptors (Lipinski definition) is 5. The van der Waals surface area contributed by atoms with E-state index in [-0.39, 0.29) is 0 Å². The van der Waals surface area contributed by atoms with Gasteiger partial charge >= 0.3 is 7.12 Å². The molecule has 0 atom stereocenters. The molecule has 1 aromatic carbocycles. The van der Waals surface area contributed by atoms with E-state index in [1.807, 2.05) is 0 Å². The van der Waals surface area contributed by atoms with Crippen LogP contribution in [0, 0.1) is 0 Å². The van der Waals surface area contributed by atoms with Gasteiger partial charge < -0.3 is 15.8 Å². The summed E-state index contributed by atoms with van der Waals surface area (Å²) in [7, 11) is -1.48. The third-order valence-electron chi connectivity index (χ3n) is 2.01. The summed E-state index contributed by atoms with van der Waals surface area (Å²) in [4.78, 5) is 0. The Morgan fingerprint density at radius 3 is 2.79 bits per heavy atom. The van der Waals surface area contributed by atoms with Crippen molar-refractivity contribution in [2.45, 2.75) is 0 Å². The van der Waals surface area contributed by atoms with Crippen LogP contribution < -0.4 is 11.2 Å². The van der Waals surface area contributed by atoms with Crippen molar-refractivity contribution in [3.63, 3.8) is 0 Å². The molecule has 1 aromatic heterocycles. The van der Waals surface area contributed by atoms with E-state index in [2.05, 4.69) is 10.2 Å². The standard InChI is InChI=1S/C8H8BN3O2/c10-8-7-2-1-6(9(13)14)3-5(7)4-11-12-8/h1-4,13-14H,(H2,10,12). The highest BCUT2D eigenvalue weighted by Gasteiger charge is 2.11. The zero-order chi connectivity index (χ0) is 10.1. The molecule has 0 fully saturated rings. The minimum atomic E-state index is -1.48. The zero-order valence-corrected chi connectivity index (χ0v) is 7.25. The Morgan fingerprint density at radius 1 is 1.29 bits per heavy atom. The highest BCUT2D eigenvalue weighted by molar-refractivity contribution is 6.58. The topological polar surface area (TPSA) is 92.3 Å². The van der Waals surface area contributed by atoms with Crippen molar-refractivity contribution in [3.8, 4) is 0 Å². The van der Waals surface area contributed by atoms with Crippen molar-refractivity contribution in [2.75, 3.05) is 5.73 Å². The van der Waals surface area contributed by atoms with Crippen LogP contribution >= 0.6 is 0 Å². The number of nitrogen functional groups attached to an aromatic ring is 1. The molecular weight excluding hydrogens is 181 g/mol. The molecule has 0 aliphatic heterocycles. The van der Waals surface area contributed by atoms with E-state index in [0.717, 1.165) is 10.8 Å². The minimum Gasteiger partial charge on any atom is -0.423 e. The Kier molecular flexibility index (Phi) is 2.07. The average Bonchev–Trinajstić information content (AvgIpc) is 2.17. The number of hydrogen-bond donors (Lipinski definition) is 3. The third kappa shape index (κ3) is 1.41. The first-order chi connectivity index (χ1) is 6.68. The van der Waals surface area contributed by atoms with Crippen LogP contribution in [0.15, 0.2) is 24.4 Å². The Balaban J connectivity index is 2.67. The quantitative estimate of drug-likeness (QED) is 0.494. The lowest BCUT2D eigenvalue weighted by Crippen LogP contribution is -2.29. The maximum absolute atomic E-state index is 8.94. The summed E-state index contributed by atoms with van der Waals surface area (Å²) in [6.07, 6.45) is 1.53. The van der Waals surface area contributed by atoms with Crippen LogP contribution in [0.5, 0.6) is 0 Å². The fourth-order valence-corrected chi connectivity index (χ4v) is 1.29. The van der Waals surface area contributed by atoms with Gasteiger partial charge in [-0.1, -0.05) is 18.2 Å². The van der Waals surface area contributed by atoms with Gasteiger partial charge in [0, 0.05) is 10.8 Å². The van der Waals surface area contributed by atoms with Crippen molar-refractivity contribution in [1.82, 2.24) is 10.2 Å². The van der Waals surface area contributed by atoms with Crippen molar-refractivity contribution in [1.29, 1.82) is 0 Å². The summed E-state index contributed by atoms with van der Waals surface area (Å²) in [6.45, 7) is 0. The number of anilines is 1. The van der Waals surface area contributed by atoms with Gasteiger partial charge in [0.2, 0.25) is 0 Å². The smallest absolute Gasteiger partial charge is 0.423 e. The molecular formula is C8H8BN3O2. The minimum absolute atomic E-state index is 0.335. The fraction of sp³-hybridized carbons (Fsp3) is 0. The van der Waals surface area contributed by atoms with Gasteiger partial charge in [-0.3, -0.25) is 0 Å². The molecule has 5 nitrogen and oxygen atoms in total. The lowest BCUT2D eigenvalue weighted by atomic mass is 9.79. The lowest BCUT2D eigenvalue weighted by Gasteiger charge is -2.02. The van der Waals surface area contributed by atoms with E-state index in [9.17, 15) is 0 Å². The number of fused-ring (bicyclic) bond motifs is 1. The van der Waals surface area contributed by atoms with E-state index >= 15 is 0 Å². The molecule has 70 valence electrons. The summed E-state index contributed by atoms with van der Waals surface area (Å²) in [5.41, 5.74) is 5.99. The van der Waals surface area contributed by atoms with Crippen LogP contribution in [-0.2, 0) is 0 Å². The second kappa shape index (κ2) is 3.24. The van der Waals surface area contributed by atoms with Crippen LogP contribution in [0.25, 0.3) is 10.8 Å². The van der Waals surface area contributed by atoms with Gasteiger partial charge in [0.15, 0.2) is 5.82 Å². The van der Waals surface area contributed by atoms with E-state index in [0.29, 0.717) is 11.3 Å². The SMILES string of the molecule is Nc1nncc2cc(B(O)O)ccc12. The summed E-state index contributed by atoms with van der Waals surface area (Å²) < 4.78 is 0. The van der Waals surface area contributed by atoms with Crippen LogP contribution in [0.1, 0.15) is 0 Å². The van der Waals surface area contributed by atoms with Gasteiger partial charge in [-0.05, 0) is 5.46 Å². The van der Waals surface area contributed by atoms with Gasteiger partial charge in [0.05, 0.1) is 6.20 Å². The van der Waals surface area contributed by atoms with Crippen LogP contribution in [0.2, 0.25) is 0 Å². The van der Waals surface area contributed by atoms with Crippen LogP contribution in [0.4, 0.5) is 5.82 Å². The number of rotatable bonds is 1. The summed E-state index contributed by atoms with van der Waals surface area (Å²) in [5.74, 6) is 0.335. The van der Waals surface area contributed by atoms with E-state index in [1.54, 1.807) is 18.2 Å². The Bertz CT molecular complexity index is 475. The van der Waals surface area contributed by atoms with Crippen molar-refractivity contribution < 1.29 is 10.0 Å². The highest BCUT2D eigenvalue weighted by atomic mass is 16.4. The van der Waals surface area contributed by atoms with Crippen LogP contribution in [-0.4, -0.2) is 27.4 Å². The maximum Gasteiger partial charge on any atom is 0.488 e. The summed E-state index contributed by atoms with van der Waals surface area (Å²) in [6, 6.07) is 4.89. The summed E-state index contributed by atoms with van der Waals surface area (Å²) in [5, 5.41) is 26.7. The highest BCUT2D eigenvalue weighted by Crippen LogP contribution is 2.15. The van der Waals surface area contributed by atoms with E-state index in [1.165, 1.54) is 6.20 Å². The molecule has 0 unspecified atom stereocenters. The summed E-state index contributed by atoms with van der Waals surface area (Å²) >= 11 is 0. The fourth-order valence-electron chi connectivity index (χ4n) is 1.29. The van der Waals surface area contributed by atoms with Crippen molar-refractivity contribution >= 4 is 29.2 Å². The molecule has 4 N–H and O–H groups in total. The molecule has 2 rings (SSSR count).